The summed E-state index contributed by atoms with van der Waals surface area (Å²) in [6, 6.07) is 0. The van der Waals surface area contributed by atoms with Crippen molar-refractivity contribution in [2.75, 3.05) is 13.2 Å². The Morgan fingerprint density at radius 3 is 1.65 bits per heavy atom. The van der Waals surface area contributed by atoms with Crippen molar-refractivity contribution in [3.63, 3.8) is 0 Å². The minimum absolute atomic E-state index is 0.0970. The average Bonchev–Trinajstić information content (AvgIpc) is 2.75. The van der Waals surface area contributed by atoms with E-state index in [0.29, 0.717) is 12.2 Å². The maximum Gasteiger partial charge on any atom is 0.333 e. The molecule has 0 aliphatic rings. The van der Waals surface area contributed by atoms with E-state index < -0.39 is 0 Å². The van der Waals surface area contributed by atoms with Gasteiger partial charge in [-0.05, 0) is 39.5 Å². The van der Waals surface area contributed by atoms with Gasteiger partial charge in [-0.2, -0.15) is 0 Å². The van der Waals surface area contributed by atoms with E-state index in [1.165, 1.54) is 89.9 Å². The summed E-state index contributed by atoms with van der Waals surface area (Å²) >= 11 is 0. The van der Waals surface area contributed by atoms with Crippen LogP contribution in [0.5, 0.6) is 0 Å². The molecule has 0 aliphatic carbocycles. The van der Waals surface area contributed by atoms with Crippen LogP contribution in [0.4, 0.5) is 0 Å². The van der Waals surface area contributed by atoms with Crippen LogP contribution in [0.1, 0.15) is 143 Å². The van der Waals surface area contributed by atoms with E-state index in [2.05, 4.69) is 27.4 Å². The molecule has 0 aromatic carbocycles. The van der Waals surface area contributed by atoms with Gasteiger partial charge in [0, 0.05) is 12.2 Å². The fourth-order valence-electron chi connectivity index (χ4n) is 4.01. The molecule has 0 bridgehead atoms. The standard InChI is InChI=1S/C28H54O3/c1-6-8-10-12-14-16-18-20-25-31-28(5,22-19-17-15-13-11-9-7-2)23-21-24-30-27(29)26(3)4/h3,6-25H2,1-2,4-5H3. The fraction of sp³-hybridized carbons (Fsp3) is 0.893. The zero-order valence-corrected chi connectivity index (χ0v) is 21.6. The molecule has 0 saturated heterocycles. The van der Waals surface area contributed by atoms with Gasteiger partial charge >= 0.3 is 5.97 Å². The zero-order valence-electron chi connectivity index (χ0n) is 21.6. The lowest BCUT2D eigenvalue weighted by Crippen LogP contribution is -2.30. The van der Waals surface area contributed by atoms with Crippen LogP contribution >= 0.6 is 0 Å². The molecule has 0 heterocycles. The predicted octanol–water partition coefficient (Wildman–Crippen LogP) is 8.94. The van der Waals surface area contributed by atoms with Crippen LogP contribution in [0.3, 0.4) is 0 Å². The summed E-state index contributed by atoms with van der Waals surface area (Å²) in [6.45, 7) is 13.4. The van der Waals surface area contributed by atoms with E-state index in [0.717, 1.165) is 32.3 Å². The van der Waals surface area contributed by atoms with Crippen molar-refractivity contribution in [1.29, 1.82) is 0 Å². The monoisotopic (exact) mass is 438 g/mol. The molecule has 0 aromatic heterocycles. The van der Waals surface area contributed by atoms with Crippen molar-refractivity contribution in [3.8, 4) is 0 Å². The van der Waals surface area contributed by atoms with Gasteiger partial charge in [-0.3, -0.25) is 0 Å². The second-order valence-corrected chi connectivity index (χ2v) is 9.66. The van der Waals surface area contributed by atoms with Crippen LogP contribution in [0.15, 0.2) is 12.2 Å². The highest BCUT2D eigenvalue weighted by atomic mass is 16.5. The maximum atomic E-state index is 11.6. The number of ether oxygens (including phenoxy) is 2. The van der Waals surface area contributed by atoms with Gasteiger partial charge in [-0.15, -0.1) is 0 Å². The Morgan fingerprint density at radius 2 is 1.13 bits per heavy atom. The van der Waals surface area contributed by atoms with Gasteiger partial charge < -0.3 is 9.47 Å². The first-order chi connectivity index (χ1) is 14.9. The second-order valence-electron chi connectivity index (χ2n) is 9.66. The number of rotatable bonds is 23. The van der Waals surface area contributed by atoms with Gasteiger partial charge in [0.15, 0.2) is 0 Å². The first kappa shape index (κ1) is 30.2. The van der Waals surface area contributed by atoms with Gasteiger partial charge in [0.2, 0.25) is 0 Å². The second kappa shape index (κ2) is 21.0. The summed E-state index contributed by atoms with van der Waals surface area (Å²) < 4.78 is 11.7. The normalized spacial score (nSPS) is 13.2. The fourth-order valence-corrected chi connectivity index (χ4v) is 4.01. The molecule has 0 aliphatic heterocycles. The van der Waals surface area contributed by atoms with Gasteiger partial charge in [0.1, 0.15) is 0 Å². The molecule has 0 amide bonds. The molecule has 31 heavy (non-hydrogen) atoms. The Bertz CT molecular complexity index is 432. The highest BCUT2D eigenvalue weighted by Crippen LogP contribution is 2.26. The summed E-state index contributed by atoms with van der Waals surface area (Å²) in [4.78, 5) is 11.6. The quantitative estimate of drug-likeness (QED) is 0.0907. The van der Waals surface area contributed by atoms with Gasteiger partial charge in [0.25, 0.3) is 0 Å². The topological polar surface area (TPSA) is 35.5 Å². The third-order valence-corrected chi connectivity index (χ3v) is 6.19. The molecular formula is C28H54O3. The number of hydrogen-bond donors (Lipinski definition) is 0. The van der Waals surface area contributed by atoms with Crippen LogP contribution in [0.2, 0.25) is 0 Å². The van der Waals surface area contributed by atoms with Crippen LogP contribution < -0.4 is 0 Å². The lowest BCUT2D eigenvalue weighted by atomic mass is 9.92. The Hall–Kier alpha value is -0.830. The molecule has 0 fully saturated rings. The number of carbonyl (C=O) groups excluding carboxylic acids is 1. The molecule has 1 unspecified atom stereocenters. The van der Waals surface area contributed by atoms with E-state index in [9.17, 15) is 4.79 Å². The molecule has 3 heteroatoms. The number of unbranched alkanes of at least 4 members (excludes halogenated alkanes) is 13. The molecule has 0 saturated carbocycles. The summed E-state index contributed by atoms with van der Waals surface area (Å²) in [6.07, 6.45) is 22.8. The highest BCUT2D eigenvalue weighted by Gasteiger charge is 2.24. The van der Waals surface area contributed by atoms with Crippen LogP contribution in [0.25, 0.3) is 0 Å². The summed E-state index contributed by atoms with van der Waals surface area (Å²) in [5.41, 5.74) is 0.372. The lowest BCUT2D eigenvalue weighted by molar-refractivity contribution is -0.139. The van der Waals surface area contributed by atoms with Crippen molar-refractivity contribution >= 4 is 5.97 Å². The van der Waals surface area contributed by atoms with E-state index in [-0.39, 0.29) is 11.6 Å². The molecule has 0 aromatic rings. The highest BCUT2D eigenvalue weighted by molar-refractivity contribution is 5.86. The molecule has 184 valence electrons. The smallest absolute Gasteiger partial charge is 0.333 e. The van der Waals surface area contributed by atoms with Crippen molar-refractivity contribution < 1.29 is 14.3 Å². The zero-order chi connectivity index (χ0) is 23.2. The minimum atomic E-state index is -0.284. The van der Waals surface area contributed by atoms with Crippen molar-refractivity contribution in [2.24, 2.45) is 0 Å². The molecule has 0 spiro atoms. The molecule has 0 radical (unpaired) electrons. The summed E-state index contributed by atoms with van der Waals surface area (Å²) in [7, 11) is 0. The van der Waals surface area contributed by atoms with E-state index >= 15 is 0 Å². The van der Waals surface area contributed by atoms with E-state index in [4.69, 9.17) is 9.47 Å². The SMILES string of the molecule is C=C(C)C(=O)OCCCC(C)(CCCCCCCCC)OCCCCCCCCCC. The van der Waals surface area contributed by atoms with Crippen LogP contribution in [-0.2, 0) is 14.3 Å². The molecule has 3 nitrogen and oxygen atoms in total. The van der Waals surface area contributed by atoms with Gasteiger partial charge in [-0.25, -0.2) is 4.79 Å². The average molecular weight is 439 g/mol. The third kappa shape index (κ3) is 19.6. The first-order valence-electron chi connectivity index (χ1n) is 13.4. The van der Waals surface area contributed by atoms with Crippen molar-refractivity contribution in [3.05, 3.63) is 12.2 Å². The number of hydrogen-bond acceptors (Lipinski definition) is 3. The molecular weight excluding hydrogens is 384 g/mol. The van der Waals surface area contributed by atoms with Crippen molar-refractivity contribution in [2.45, 2.75) is 149 Å². The first-order valence-corrected chi connectivity index (χ1v) is 13.4. The van der Waals surface area contributed by atoms with Crippen LogP contribution in [0, 0.1) is 0 Å². The van der Waals surface area contributed by atoms with Gasteiger partial charge in [0.05, 0.1) is 12.2 Å². The predicted molar refractivity (Wildman–Crippen MR) is 135 cm³/mol. The van der Waals surface area contributed by atoms with E-state index in [1.807, 2.05) is 0 Å². The molecule has 0 rings (SSSR count). The Labute approximate surface area is 194 Å². The van der Waals surface area contributed by atoms with Gasteiger partial charge in [-0.1, -0.05) is 110 Å². The Balaban J connectivity index is 4.16. The van der Waals surface area contributed by atoms with E-state index in [1.54, 1.807) is 6.92 Å². The molecule has 0 N–H and O–H groups in total. The third-order valence-electron chi connectivity index (χ3n) is 6.19. The summed E-state index contributed by atoms with van der Waals surface area (Å²) in [5.74, 6) is -0.284. The summed E-state index contributed by atoms with van der Waals surface area (Å²) in [5, 5.41) is 0. The van der Waals surface area contributed by atoms with Crippen molar-refractivity contribution in [1.82, 2.24) is 0 Å². The Kier molecular flexibility index (Phi) is 20.5. The van der Waals surface area contributed by atoms with Crippen LogP contribution in [-0.4, -0.2) is 24.8 Å². The molecule has 1 atom stereocenters. The number of carbonyl (C=O) groups is 1. The lowest BCUT2D eigenvalue weighted by Gasteiger charge is -2.30. The maximum absolute atomic E-state index is 11.6. The minimum Gasteiger partial charge on any atom is -0.462 e. The largest absolute Gasteiger partial charge is 0.462 e. The number of esters is 1. The Morgan fingerprint density at radius 1 is 0.677 bits per heavy atom.